The predicted molar refractivity (Wildman–Crippen MR) is 112 cm³/mol. The number of carbonyl (C=O) groups excluding carboxylic acids is 2. The van der Waals surface area contributed by atoms with E-state index >= 15 is 0 Å². The van der Waals surface area contributed by atoms with Gasteiger partial charge in [-0.05, 0) is 56.2 Å². The van der Waals surface area contributed by atoms with Crippen molar-refractivity contribution in [3.05, 3.63) is 46.6 Å². The maximum atomic E-state index is 12.1. The van der Waals surface area contributed by atoms with Gasteiger partial charge in [-0.3, -0.25) is 14.3 Å². The smallest absolute Gasteiger partial charge is 0.254 e. The number of rotatable bonds is 7. The highest BCUT2D eigenvalue weighted by Crippen LogP contribution is 2.32. The molecule has 1 aromatic heterocycles. The van der Waals surface area contributed by atoms with Gasteiger partial charge in [0.25, 0.3) is 5.91 Å². The topological polar surface area (TPSA) is 102 Å². The van der Waals surface area contributed by atoms with Crippen LogP contribution in [-0.2, 0) is 11.3 Å². The molecular formula is C21H26ClN5O2. The molecule has 0 spiro atoms. The van der Waals surface area contributed by atoms with Crippen LogP contribution < -0.4 is 16.4 Å². The third kappa shape index (κ3) is 4.97. The molecule has 8 heteroatoms. The number of anilines is 1. The molecule has 2 saturated carbocycles. The summed E-state index contributed by atoms with van der Waals surface area (Å²) in [5.74, 6) is -0.311. The zero-order valence-corrected chi connectivity index (χ0v) is 17.0. The van der Waals surface area contributed by atoms with E-state index in [2.05, 4.69) is 15.7 Å². The molecule has 7 nitrogen and oxygen atoms in total. The van der Waals surface area contributed by atoms with E-state index in [1.807, 2.05) is 24.3 Å². The molecule has 1 heterocycles. The van der Waals surface area contributed by atoms with Crippen LogP contribution in [0.25, 0.3) is 0 Å². The molecular weight excluding hydrogens is 390 g/mol. The molecule has 2 aromatic rings. The van der Waals surface area contributed by atoms with Crippen molar-refractivity contribution in [3.8, 4) is 0 Å². The van der Waals surface area contributed by atoms with Gasteiger partial charge in [0.15, 0.2) is 5.82 Å². The van der Waals surface area contributed by atoms with Gasteiger partial charge in [-0.15, -0.1) is 0 Å². The van der Waals surface area contributed by atoms with Gasteiger partial charge in [0.2, 0.25) is 5.91 Å². The number of amides is 2. The van der Waals surface area contributed by atoms with Crippen molar-refractivity contribution in [2.24, 2.45) is 11.7 Å². The van der Waals surface area contributed by atoms with Crippen LogP contribution in [0, 0.1) is 5.92 Å². The highest BCUT2D eigenvalue weighted by Gasteiger charge is 2.31. The Morgan fingerprint density at radius 1 is 1.10 bits per heavy atom. The number of halogens is 1. The Morgan fingerprint density at radius 3 is 2.41 bits per heavy atom. The van der Waals surface area contributed by atoms with Gasteiger partial charge in [0, 0.05) is 29.7 Å². The fraction of sp³-hybridized carbons (Fsp3) is 0.476. The number of nitrogens with zero attached hydrogens (tertiary/aromatic N) is 2. The van der Waals surface area contributed by atoms with Crippen LogP contribution in [0.3, 0.4) is 0 Å². The van der Waals surface area contributed by atoms with E-state index in [9.17, 15) is 9.59 Å². The minimum Gasteiger partial charge on any atom is -0.365 e. The van der Waals surface area contributed by atoms with Crippen LogP contribution in [0.1, 0.15) is 60.5 Å². The first kappa shape index (κ1) is 19.9. The summed E-state index contributed by atoms with van der Waals surface area (Å²) >= 11 is 5.93. The summed E-state index contributed by atoms with van der Waals surface area (Å²) in [6.07, 6.45) is 7.41. The number of primary amides is 1. The normalized spacial score (nSPS) is 21.7. The standard InChI is InChI=1S/C21H26ClN5O2/c22-15-5-1-13(2-6-15)11-24-16-7-9-17(10-8-16)27-12-18(19(23)28)20(26-27)25-21(29)14-3-4-14/h1-2,5-6,12,14,16-17,24H,3-4,7-11H2,(H2,23,28)(H,25,26,29)/t16-,17-. The maximum Gasteiger partial charge on any atom is 0.254 e. The molecule has 29 heavy (non-hydrogen) atoms. The number of aromatic nitrogens is 2. The number of benzene rings is 1. The second-order valence-electron chi connectivity index (χ2n) is 8.01. The molecule has 0 radical (unpaired) electrons. The molecule has 0 bridgehead atoms. The molecule has 2 aliphatic carbocycles. The first-order chi connectivity index (χ1) is 14.0. The quantitative estimate of drug-likeness (QED) is 0.645. The number of nitrogens with one attached hydrogen (secondary N) is 2. The molecule has 2 amide bonds. The Kier molecular flexibility index (Phi) is 5.87. The van der Waals surface area contributed by atoms with Gasteiger partial charge >= 0.3 is 0 Å². The minimum absolute atomic E-state index is 0.0445. The second-order valence-corrected chi connectivity index (χ2v) is 8.45. The van der Waals surface area contributed by atoms with Gasteiger partial charge in [-0.1, -0.05) is 23.7 Å². The van der Waals surface area contributed by atoms with Gasteiger partial charge in [-0.25, -0.2) is 0 Å². The Balaban J connectivity index is 1.33. The van der Waals surface area contributed by atoms with Crippen LogP contribution in [0.2, 0.25) is 5.02 Å². The van der Waals surface area contributed by atoms with Crippen LogP contribution in [-0.4, -0.2) is 27.6 Å². The van der Waals surface area contributed by atoms with E-state index in [-0.39, 0.29) is 29.2 Å². The predicted octanol–water partition coefficient (Wildman–Crippen LogP) is 3.26. The molecule has 0 unspecified atom stereocenters. The summed E-state index contributed by atoms with van der Waals surface area (Å²) in [7, 11) is 0. The van der Waals surface area contributed by atoms with Crippen molar-refractivity contribution in [2.75, 3.05) is 5.32 Å². The summed E-state index contributed by atoms with van der Waals surface area (Å²) in [6, 6.07) is 8.53. The lowest BCUT2D eigenvalue weighted by molar-refractivity contribution is -0.117. The van der Waals surface area contributed by atoms with E-state index in [1.165, 1.54) is 5.56 Å². The molecule has 2 aliphatic rings. The van der Waals surface area contributed by atoms with E-state index in [0.29, 0.717) is 6.04 Å². The first-order valence-corrected chi connectivity index (χ1v) is 10.5. The van der Waals surface area contributed by atoms with Gasteiger partial charge in [0.1, 0.15) is 5.56 Å². The summed E-state index contributed by atoms with van der Waals surface area (Å²) in [5, 5.41) is 11.6. The third-order valence-corrected chi connectivity index (χ3v) is 6.02. The lowest BCUT2D eigenvalue weighted by atomic mass is 9.91. The van der Waals surface area contributed by atoms with Crippen molar-refractivity contribution in [1.82, 2.24) is 15.1 Å². The molecule has 2 fully saturated rings. The molecule has 1 aromatic carbocycles. The van der Waals surface area contributed by atoms with Gasteiger partial charge < -0.3 is 16.4 Å². The van der Waals surface area contributed by atoms with Crippen molar-refractivity contribution < 1.29 is 9.59 Å². The van der Waals surface area contributed by atoms with Crippen molar-refractivity contribution >= 4 is 29.2 Å². The summed E-state index contributed by atoms with van der Waals surface area (Å²) in [4.78, 5) is 23.8. The molecule has 0 saturated heterocycles. The average molecular weight is 416 g/mol. The zero-order valence-electron chi connectivity index (χ0n) is 16.2. The number of carbonyl (C=O) groups is 2. The zero-order chi connectivity index (χ0) is 20.4. The van der Waals surface area contributed by atoms with Crippen LogP contribution in [0.4, 0.5) is 5.82 Å². The Morgan fingerprint density at radius 2 is 1.79 bits per heavy atom. The summed E-state index contributed by atoms with van der Waals surface area (Å²) in [5.41, 5.74) is 6.98. The molecule has 0 aliphatic heterocycles. The Labute approximate surface area is 175 Å². The van der Waals surface area contributed by atoms with Crippen LogP contribution >= 0.6 is 11.6 Å². The fourth-order valence-corrected chi connectivity index (χ4v) is 3.95. The summed E-state index contributed by atoms with van der Waals surface area (Å²) < 4.78 is 1.80. The van der Waals surface area contributed by atoms with E-state index in [4.69, 9.17) is 17.3 Å². The Bertz CT molecular complexity index is 883. The van der Waals surface area contributed by atoms with E-state index < -0.39 is 5.91 Å². The van der Waals surface area contributed by atoms with Gasteiger partial charge in [-0.2, -0.15) is 5.10 Å². The minimum atomic E-state index is -0.569. The lowest BCUT2D eigenvalue weighted by Gasteiger charge is -2.29. The van der Waals surface area contributed by atoms with Crippen LogP contribution in [0.15, 0.2) is 30.5 Å². The molecule has 154 valence electrons. The third-order valence-electron chi connectivity index (χ3n) is 5.77. The largest absolute Gasteiger partial charge is 0.365 e. The monoisotopic (exact) mass is 415 g/mol. The van der Waals surface area contributed by atoms with Crippen molar-refractivity contribution in [1.29, 1.82) is 0 Å². The molecule has 0 atom stereocenters. The first-order valence-electron chi connectivity index (χ1n) is 10.2. The SMILES string of the molecule is NC(=O)c1cn([C@H]2CC[C@H](NCc3ccc(Cl)cc3)CC2)nc1NC(=O)C1CC1. The number of nitrogens with two attached hydrogens (primary N) is 1. The highest BCUT2D eigenvalue weighted by molar-refractivity contribution is 6.30. The second kappa shape index (κ2) is 8.55. The molecule has 4 rings (SSSR count). The van der Waals surface area contributed by atoms with Crippen molar-refractivity contribution in [3.63, 3.8) is 0 Å². The molecule has 4 N–H and O–H groups in total. The van der Waals surface area contributed by atoms with Gasteiger partial charge in [0.05, 0.1) is 6.04 Å². The number of hydrogen-bond donors (Lipinski definition) is 3. The Hall–Kier alpha value is -2.38. The maximum absolute atomic E-state index is 12.1. The van der Waals surface area contributed by atoms with E-state index in [1.54, 1.807) is 10.9 Å². The summed E-state index contributed by atoms with van der Waals surface area (Å²) in [6.45, 7) is 0.817. The van der Waals surface area contributed by atoms with Crippen molar-refractivity contribution in [2.45, 2.75) is 57.2 Å². The fourth-order valence-electron chi connectivity index (χ4n) is 3.82. The van der Waals surface area contributed by atoms with E-state index in [0.717, 1.165) is 50.1 Å². The number of hydrogen-bond acceptors (Lipinski definition) is 4. The average Bonchev–Trinajstić information content (AvgIpc) is 3.48. The lowest BCUT2D eigenvalue weighted by Crippen LogP contribution is -2.33. The highest BCUT2D eigenvalue weighted by atomic mass is 35.5. The van der Waals surface area contributed by atoms with Crippen LogP contribution in [0.5, 0.6) is 0 Å².